The van der Waals surface area contributed by atoms with Crippen molar-refractivity contribution in [1.29, 1.82) is 0 Å². The standard InChI is InChI=1S/C22H23N5O3/c1-26-7-9-27(10-8-26)22(30)25-17-12-18-16(13-23-20(18)24-14-17)11-19(21(28)29)15-5-3-2-4-6-15/h2-6,11-14H,7-10H2,1H3,(H,23,24)(H,25,30)(H,28,29). The van der Waals surface area contributed by atoms with Crippen molar-refractivity contribution in [1.82, 2.24) is 19.8 Å². The molecule has 0 unspecified atom stereocenters. The van der Waals surface area contributed by atoms with Gasteiger partial charge in [-0.1, -0.05) is 30.3 Å². The van der Waals surface area contributed by atoms with Gasteiger partial charge in [-0.05, 0) is 24.8 Å². The minimum absolute atomic E-state index is 0.160. The highest BCUT2D eigenvalue weighted by atomic mass is 16.4. The van der Waals surface area contributed by atoms with Crippen LogP contribution in [0.25, 0.3) is 22.7 Å². The van der Waals surface area contributed by atoms with E-state index < -0.39 is 5.97 Å². The van der Waals surface area contributed by atoms with E-state index in [4.69, 9.17) is 0 Å². The van der Waals surface area contributed by atoms with Crippen LogP contribution in [0.3, 0.4) is 0 Å². The first-order chi connectivity index (χ1) is 14.5. The van der Waals surface area contributed by atoms with Crippen LogP contribution in [-0.2, 0) is 4.79 Å². The third-order valence-electron chi connectivity index (χ3n) is 5.22. The van der Waals surface area contributed by atoms with E-state index in [2.05, 4.69) is 20.2 Å². The number of likely N-dealkylation sites (N-methyl/N-ethyl adjacent to an activating group) is 1. The number of piperazine rings is 1. The van der Waals surface area contributed by atoms with Crippen LogP contribution in [-0.4, -0.2) is 70.1 Å². The predicted octanol–water partition coefficient (Wildman–Crippen LogP) is 2.97. The van der Waals surface area contributed by atoms with Gasteiger partial charge in [0.2, 0.25) is 0 Å². The second kappa shape index (κ2) is 8.38. The van der Waals surface area contributed by atoms with Gasteiger partial charge in [0.05, 0.1) is 17.5 Å². The Morgan fingerprint density at radius 3 is 2.60 bits per heavy atom. The van der Waals surface area contributed by atoms with Gasteiger partial charge in [0.1, 0.15) is 5.65 Å². The van der Waals surface area contributed by atoms with Crippen LogP contribution in [0.5, 0.6) is 0 Å². The molecule has 0 aliphatic carbocycles. The second-order valence-corrected chi connectivity index (χ2v) is 7.31. The van der Waals surface area contributed by atoms with E-state index in [0.717, 1.165) is 18.5 Å². The molecule has 0 atom stereocenters. The molecule has 0 radical (unpaired) electrons. The molecule has 1 saturated heterocycles. The first-order valence-electron chi connectivity index (χ1n) is 9.73. The molecule has 154 valence electrons. The molecular formula is C22H23N5O3. The number of pyridine rings is 1. The maximum Gasteiger partial charge on any atom is 0.336 e. The van der Waals surface area contributed by atoms with Crippen molar-refractivity contribution in [3.8, 4) is 0 Å². The molecule has 3 heterocycles. The zero-order valence-electron chi connectivity index (χ0n) is 16.6. The summed E-state index contributed by atoms with van der Waals surface area (Å²) in [5, 5.41) is 13.3. The van der Waals surface area contributed by atoms with Crippen LogP contribution in [0, 0.1) is 0 Å². The molecule has 1 aromatic carbocycles. The van der Waals surface area contributed by atoms with E-state index >= 15 is 0 Å². The summed E-state index contributed by atoms with van der Waals surface area (Å²) in [6.45, 7) is 3.04. The fourth-order valence-corrected chi connectivity index (χ4v) is 3.47. The number of anilines is 1. The van der Waals surface area contributed by atoms with Crippen molar-refractivity contribution in [2.45, 2.75) is 0 Å². The topological polar surface area (TPSA) is 102 Å². The zero-order chi connectivity index (χ0) is 21.1. The van der Waals surface area contributed by atoms with Gasteiger partial charge in [-0.25, -0.2) is 14.6 Å². The Hall–Kier alpha value is -3.65. The number of hydrogen-bond donors (Lipinski definition) is 3. The van der Waals surface area contributed by atoms with Crippen molar-refractivity contribution >= 4 is 40.4 Å². The number of carboxylic acid groups (broad SMARTS) is 1. The smallest absolute Gasteiger partial charge is 0.336 e. The fourth-order valence-electron chi connectivity index (χ4n) is 3.47. The van der Waals surface area contributed by atoms with Crippen LogP contribution >= 0.6 is 0 Å². The van der Waals surface area contributed by atoms with E-state index in [-0.39, 0.29) is 11.6 Å². The van der Waals surface area contributed by atoms with E-state index in [1.54, 1.807) is 47.6 Å². The quantitative estimate of drug-likeness (QED) is 0.579. The number of nitrogens with one attached hydrogen (secondary N) is 2. The zero-order valence-corrected chi connectivity index (χ0v) is 16.6. The first-order valence-corrected chi connectivity index (χ1v) is 9.73. The number of aromatic amines is 1. The fraction of sp³-hybridized carbons (Fsp3) is 0.227. The van der Waals surface area contributed by atoms with E-state index in [1.807, 2.05) is 19.2 Å². The molecule has 30 heavy (non-hydrogen) atoms. The Balaban J connectivity index is 1.61. The number of aromatic nitrogens is 2. The average molecular weight is 405 g/mol. The monoisotopic (exact) mass is 405 g/mol. The molecule has 2 aromatic heterocycles. The molecule has 8 nitrogen and oxygen atoms in total. The number of H-pyrrole nitrogens is 1. The number of amides is 2. The molecule has 0 bridgehead atoms. The molecule has 1 fully saturated rings. The van der Waals surface area contributed by atoms with Crippen molar-refractivity contribution in [3.05, 3.63) is 59.9 Å². The number of carboxylic acids is 1. The van der Waals surface area contributed by atoms with Gasteiger partial charge in [0, 0.05) is 43.3 Å². The number of nitrogens with zero attached hydrogens (tertiary/aromatic N) is 3. The number of hydrogen-bond acceptors (Lipinski definition) is 4. The van der Waals surface area contributed by atoms with Crippen molar-refractivity contribution in [3.63, 3.8) is 0 Å². The number of benzene rings is 1. The number of carbonyl (C=O) groups excluding carboxylic acids is 1. The molecule has 0 spiro atoms. The summed E-state index contributed by atoms with van der Waals surface area (Å²) in [6, 6.07) is 10.6. The van der Waals surface area contributed by atoms with Gasteiger partial charge < -0.3 is 25.2 Å². The maximum atomic E-state index is 12.6. The van der Waals surface area contributed by atoms with Crippen LogP contribution in [0.4, 0.5) is 10.5 Å². The first kappa shape index (κ1) is 19.7. The number of urea groups is 1. The lowest BCUT2D eigenvalue weighted by molar-refractivity contribution is -0.130. The Bertz CT molecular complexity index is 1100. The number of aliphatic carboxylic acids is 1. The third kappa shape index (κ3) is 4.18. The summed E-state index contributed by atoms with van der Waals surface area (Å²) < 4.78 is 0. The summed E-state index contributed by atoms with van der Waals surface area (Å²) >= 11 is 0. The highest BCUT2D eigenvalue weighted by Gasteiger charge is 2.19. The molecule has 1 aliphatic heterocycles. The molecule has 0 saturated carbocycles. The Morgan fingerprint density at radius 2 is 1.90 bits per heavy atom. The molecule has 2 amide bonds. The highest BCUT2D eigenvalue weighted by Crippen LogP contribution is 2.25. The predicted molar refractivity (Wildman–Crippen MR) is 116 cm³/mol. The van der Waals surface area contributed by atoms with Crippen molar-refractivity contribution in [2.24, 2.45) is 0 Å². The second-order valence-electron chi connectivity index (χ2n) is 7.31. The van der Waals surface area contributed by atoms with E-state index in [0.29, 0.717) is 35.6 Å². The lowest BCUT2D eigenvalue weighted by Crippen LogP contribution is -2.48. The summed E-state index contributed by atoms with van der Waals surface area (Å²) in [5.41, 5.74) is 2.68. The highest BCUT2D eigenvalue weighted by molar-refractivity contribution is 6.21. The Labute approximate surface area is 173 Å². The molecule has 3 aromatic rings. The number of rotatable bonds is 4. The van der Waals surface area contributed by atoms with Crippen LogP contribution in [0.2, 0.25) is 0 Å². The third-order valence-corrected chi connectivity index (χ3v) is 5.22. The Kier molecular flexibility index (Phi) is 5.49. The lowest BCUT2D eigenvalue weighted by Gasteiger charge is -2.32. The minimum atomic E-state index is -1.01. The molecule has 8 heteroatoms. The minimum Gasteiger partial charge on any atom is -0.478 e. The maximum absolute atomic E-state index is 12.6. The van der Waals surface area contributed by atoms with Gasteiger partial charge in [-0.15, -0.1) is 0 Å². The van der Waals surface area contributed by atoms with Crippen LogP contribution < -0.4 is 5.32 Å². The van der Waals surface area contributed by atoms with Crippen molar-refractivity contribution < 1.29 is 14.7 Å². The number of carbonyl (C=O) groups is 2. The van der Waals surface area contributed by atoms with Crippen molar-refractivity contribution in [2.75, 3.05) is 38.5 Å². The van der Waals surface area contributed by atoms with Crippen LogP contribution in [0.1, 0.15) is 11.1 Å². The lowest BCUT2D eigenvalue weighted by atomic mass is 10.0. The summed E-state index contributed by atoms with van der Waals surface area (Å²) in [4.78, 5) is 35.7. The Morgan fingerprint density at radius 1 is 1.17 bits per heavy atom. The van der Waals surface area contributed by atoms with E-state index in [1.165, 1.54) is 0 Å². The van der Waals surface area contributed by atoms with Gasteiger partial charge >= 0.3 is 12.0 Å². The van der Waals surface area contributed by atoms with Gasteiger partial charge in [0.15, 0.2) is 0 Å². The largest absolute Gasteiger partial charge is 0.478 e. The molecular weight excluding hydrogens is 382 g/mol. The van der Waals surface area contributed by atoms with Gasteiger partial charge in [-0.2, -0.15) is 0 Å². The average Bonchev–Trinajstić information content (AvgIpc) is 3.15. The molecule has 3 N–H and O–H groups in total. The van der Waals surface area contributed by atoms with E-state index in [9.17, 15) is 14.7 Å². The number of fused-ring (bicyclic) bond motifs is 1. The molecule has 4 rings (SSSR count). The summed E-state index contributed by atoms with van der Waals surface area (Å²) in [6.07, 6.45) is 4.93. The SMILES string of the molecule is CN1CCN(C(=O)Nc2cnc3[nH]cc(C=C(C(=O)O)c4ccccc4)c3c2)CC1. The normalized spacial score (nSPS) is 15.4. The van der Waals surface area contributed by atoms with Crippen LogP contribution in [0.15, 0.2) is 48.8 Å². The molecule has 1 aliphatic rings. The summed E-state index contributed by atoms with van der Waals surface area (Å²) in [5.74, 6) is -1.01. The summed E-state index contributed by atoms with van der Waals surface area (Å²) in [7, 11) is 2.04. The van der Waals surface area contributed by atoms with Gasteiger partial charge in [-0.3, -0.25) is 0 Å². The van der Waals surface area contributed by atoms with Gasteiger partial charge in [0.25, 0.3) is 0 Å².